The van der Waals surface area contributed by atoms with Crippen molar-refractivity contribution in [3.05, 3.63) is 29.3 Å². The molecule has 4 heteroatoms. The van der Waals surface area contributed by atoms with Crippen molar-refractivity contribution in [2.24, 2.45) is 0 Å². The minimum Gasteiger partial charge on any atom is -0.325 e. The first kappa shape index (κ1) is 11.9. The van der Waals surface area contributed by atoms with E-state index in [1.807, 2.05) is 13.8 Å². The number of rotatable bonds is 3. The highest BCUT2D eigenvalue weighted by Crippen LogP contribution is 2.13. The van der Waals surface area contributed by atoms with Gasteiger partial charge in [-0.15, -0.1) is 0 Å². The average Bonchev–Trinajstić information content (AvgIpc) is 2.23. The Morgan fingerprint density at radius 1 is 1.27 bits per heavy atom. The molecule has 1 rings (SSSR count). The minimum absolute atomic E-state index is 0.0812. The van der Waals surface area contributed by atoms with Crippen molar-refractivity contribution < 1.29 is 4.79 Å². The van der Waals surface area contributed by atoms with Crippen molar-refractivity contribution in [3.63, 3.8) is 0 Å². The molecule has 1 aromatic carbocycles. The van der Waals surface area contributed by atoms with Gasteiger partial charge >= 0.3 is 6.03 Å². The smallest absolute Gasteiger partial charge is 0.321 e. The van der Waals surface area contributed by atoms with Crippen LogP contribution in [-0.2, 0) is 0 Å². The Labute approximate surface area is 95.0 Å². The topological polar surface area (TPSA) is 32.3 Å². The zero-order valence-corrected chi connectivity index (χ0v) is 9.71. The largest absolute Gasteiger partial charge is 0.325 e. The maximum absolute atomic E-state index is 11.6. The Kier molecular flexibility index (Phi) is 4.43. The quantitative estimate of drug-likeness (QED) is 0.844. The van der Waals surface area contributed by atoms with Crippen LogP contribution in [0.4, 0.5) is 10.5 Å². The first-order valence-electron chi connectivity index (χ1n) is 4.98. The summed E-state index contributed by atoms with van der Waals surface area (Å²) in [6, 6.07) is 6.98. The van der Waals surface area contributed by atoms with Crippen LogP contribution >= 0.6 is 11.6 Å². The third kappa shape index (κ3) is 3.44. The van der Waals surface area contributed by atoms with E-state index in [2.05, 4.69) is 5.32 Å². The lowest BCUT2D eigenvalue weighted by molar-refractivity contribution is 0.217. The fraction of sp³-hybridized carbons (Fsp3) is 0.364. The molecule has 0 saturated heterocycles. The lowest BCUT2D eigenvalue weighted by atomic mass is 10.3. The van der Waals surface area contributed by atoms with Gasteiger partial charge in [-0.05, 0) is 38.1 Å². The summed E-state index contributed by atoms with van der Waals surface area (Å²) < 4.78 is 0. The highest BCUT2D eigenvalue weighted by molar-refractivity contribution is 6.30. The molecule has 82 valence electrons. The van der Waals surface area contributed by atoms with Crippen LogP contribution in [-0.4, -0.2) is 24.0 Å². The average molecular weight is 227 g/mol. The van der Waals surface area contributed by atoms with Gasteiger partial charge in [-0.1, -0.05) is 11.6 Å². The number of anilines is 1. The predicted octanol–water partition coefficient (Wildman–Crippen LogP) is 3.21. The van der Waals surface area contributed by atoms with Gasteiger partial charge in [0.05, 0.1) is 0 Å². The third-order valence-corrected chi connectivity index (χ3v) is 2.40. The van der Waals surface area contributed by atoms with Crippen molar-refractivity contribution in [2.45, 2.75) is 13.8 Å². The Bertz CT molecular complexity index is 320. The van der Waals surface area contributed by atoms with Gasteiger partial charge in [-0.2, -0.15) is 0 Å². The Morgan fingerprint density at radius 3 is 2.27 bits per heavy atom. The molecule has 0 heterocycles. The van der Waals surface area contributed by atoms with Gasteiger partial charge in [0.25, 0.3) is 0 Å². The SMILES string of the molecule is CCN(CC)C(=O)Nc1ccc(Cl)cc1. The van der Waals surface area contributed by atoms with Crippen LogP contribution in [0.5, 0.6) is 0 Å². The summed E-state index contributed by atoms with van der Waals surface area (Å²) in [7, 11) is 0. The Morgan fingerprint density at radius 2 is 1.80 bits per heavy atom. The van der Waals surface area contributed by atoms with E-state index < -0.39 is 0 Å². The molecule has 0 bridgehead atoms. The van der Waals surface area contributed by atoms with E-state index >= 15 is 0 Å². The van der Waals surface area contributed by atoms with Gasteiger partial charge < -0.3 is 10.2 Å². The maximum atomic E-state index is 11.6. The lowest BCUT2D eigenvalue weighted by Gasteiger charge is -2.19. The number of nitrogens with one attached hydrogen (secondary N) is 1. The Hall–Kier alpha value is -1.22. The van der Waals surface area contributed by atoms with Crippen LogP contribution in [0.2, 0.25) is 5.02 Å². The van der Waals surface area contributed by atoms with Gasteiger partial charge in [0.15, 0.2) is 0 Å². The number of benzene rings is 1. The molecule has 0 aliphatic carbocycles. The highest BCUT2D eigenvalue weighted by atomic mass is 35.5. The molecule has 15 heavy (non-hydrogen) atoms. The third-order valence-electron chi connectivity index (χ3n) is 2.15. The molecule has 0 aliphatic rings. The Balaban J connectivity index is 2.61. The summed E-state index contributed by atoms with van der Waals surface area (Å²) in [5, 5.41) is 3.46. The van der Waals surface area contributed by atoms with Crippen LogP contribution in [0.1, 0.15) is 13.8 Å². The van der Waals surface area contributed by atoms with Gasteiger partial charge in [0, 0.05) is 23.8 Å². The van der Waals surface area contributed by atoms with Gasteiger partial charge in [-0.3, -0.25) is 0 Å². The van der Waals surface area contributed by atoms with E-state index in [1.54, 1.807) is 29.2 Å². The van der Waals surface area contributed by atoms with E-state index in [0.29, 0.717) is 18.1 Å². The first-order valence-corrected chi connectivity index (χ1v) is 5.36. The second-order valence-corrected chi connectivity index (χ2v) is 3.55. The molecule has 3 nitrogen and oxygen atoms in total. The number of hydrogen-bond donors (Lipinski definition) is 1. The van der Waals surface area contributed by atoms with E-state index in [9.17, 15) is 4.79 Å². The monoisotopic (exact) mass is 226 g/mol. The summed E-state index contributed by atoms with van der Waals surface area (Å²) in [6.07, 6.45) is 0. The number of amides is 2. The van der Waals surface area contributed by atoms with Crippen molar-refractivity contribution in [2.75, 3.05) is 18.4 Å². The minimum atomic E-state index is -0.0812. The van der Waals surface area contributed by atoms with Crippen molar-refractivity contribution in [1.29, 1.82) is 0 Å². The van der Waals surface area contributed by atoms with Crippen LogP contribution < -0.4 is 5.32 Å². The van der Waals surface area contributed by atoms with Crippen LogP contribution in [0.3, 0.4) is 0 Å². The van der Waals surface area contributed by atoms with Crippen LogP contribution in [0, 0.1) is 0 Å². The summed E-state index contributed by atoms with van der Waals surface area (Å²) in [5.74, 6) is 0. The van der Waals surface area contributed by atoms with Gasteiger partial charge in [-0.25, -0.2) is 4.79 Å². The van der Waals surface area contributed by atoms with Crippen LogP contribution in [0.25, 0.3) is 0 Å². The fourth-order valence-electron chi connectivity index (χ4n) is 1.25. The number of carbonyl (C=O) groups excluding carboxylic acids is 1. The standard InChI is InChI=1S/C11H15ClN2O/c1-3-14(4-2)11(15)13-10-7-5-9(12)6-8-10/h5-8H,3-4H2,1-2H3,(H,13,15). The van der Waals surface area contributed by atoms with Crippen molar-refractivity contribution in [3.8, 4) is 0 Å². The zero-order chi connectivity index (χ0) is 11.3. The van der Waals surface area contributed by atoms with Gasteiger partial charge in [0.2, 0.25) is 0 Å². The fourth-order valence-corrected chi connectivity index (χ4v) is 1.37. The van der Waals surface area contributed by atoms with E-state index in [0.717, 1.165) is 5.69 Å². The van der Waals surface area contributed by atoms with E-state index in [1.165, 1.54) is 0 Å². The molecular formula is C11H15ClN2O. The first-order chi connectivity index (χ1) is 7.17. The molecule has 0 radical (unpaired) electrons. The van der Waals surface area contributed by atoms with Crippen molar-refractivity contribution in [1.82, 2.24) is 4.90 Å². The van der Waals surface area contributed by atoms with Gasteiger partial charge in [0.1, 0.15) is 0 Å². The molecule has 0 atom stereocenters. The summed E-state index contributed by atoms with van der Waals surface area (Å²) in [6.45, 7) is 5.31. The lowest BCUT2D eigenvalue weighted by Crippen LogP contribution is -2.34. The molecule has 0 unspecified atom stereocenters. The summed E-state index contributed by atoms with van der Waals surface area (Å²) in [4.78, 5) is 13.4. The number of hydrogen-bond acceptors (Lipinski definition) is 1. The van der Waals surface area contributed by atoms with Crippen molar-refractivity contribution >= 4 is 23.3 Å². The molecule has 2 amide bonds. The molecule has 0 fully saturated rings. The zero-order valence-electron chi connectivity index (χ0n) is 8.96. The van der Waals surface area contributed by atoms with E-state index in [-0.39, 0.29) is 6.03 Å². The molecule has 0 spiro atoms. The number of nitrogens with zero attached hydrogens (tertiary/aromatic N) is 1. The normalized spacial score (nSPS) is 9.80. The predicted molar refractivity (Wildman–Crippen MR) is 63.4 cm³/mol. The molecule has 1 aromatic rings. The molecular weight excluding hydrogens is 212 g/mol. The number of carbonyl (C=O) groups is 1. The summed E-state index contributed by atoms with van der Waals surface area (Å²) in [5.41, 5.74) is 0.760. The highest BCUT2D eigenvalue weighted by Gasteiger charge is 2.08. The molecule has 0 aliphatic heterocycles. The number of urea groups is 1. The maximum Gasteiger partial charge on any atom is 0.321 e. The molecule has 0 saturated carbocycles. The second-order valence-electron chi connectivity index (χ2n) is 3.11. The molecule has 1 N–H and O–H groups in total. The van der Waals surface area contributed by atoms with Crippen LogP contribution in [0.15, 0.2) is 24.3 Å². The van der Waals surface area contributed by atoms with E-state index in [4.69, 9.17) is 11.6 Å². The second kappa shape index (κ2) is 5.61. The number of halogens is 1. The molecule has 0 aromatic heterocycles. The summed E-state index contributed by atoms with van der Waals surface area (Å²) >= 11 is 5.74.